The molecule has 0 aliphatic heterocycles. The maximum absolute atomic E-state index is 5.62. The zero-order valence-electron chi connectivity index (χ0n) is 13.9. The van der Waals surface area contributed by atoms with Crippen LogP contribution in [0, 0.1) is 23.7 Å². The van der Waals surface area contributed by atoms with Crippen molar-refractivity contribution in [2.24, 2.45) is 23.7 Å². The topological polar surface area (TPSA) is 18.5 Å². The van der Waals surface area contributed by atoms with Gasteiger partial charge in [0.05, 0.1) is 6.10 Å². The first-order valence-corrected chi connectivity index (χ1v) is 7.91. The molecule has 0 heterocycles. The van der Waals surface area contributed by atoms with E-state index in [2.05, 4.69) is 40.3 Å². The van der Waals surface area contributed by atoms with Gasteiger partial charge >= 0.3 is 0 Å². The number of hydrogen-bond acceptors (Lipinski definition) is 2. The molecule has 2 heteroatoms. The molecule has 0 fully saturated rings. The van der Waals surface area contributed by atoms with Gasteiger partial charge in [0.15, 0.2) is 0 Å². The first kappa shape index (κ1) is 17.5. The first-order chi connectivity index (χ1) is 9.51. The molecule has 0 aromatic carbocycles. The van der Waals surface area contributed by atoms with Crippen molar-refractivity contribution in [2.75, 3.05) is 13.9 Å². The van der Waals surface area contributed by atoms with Crippen molar-refractivity contribution in [2.45, 2.75) is 53.1 Å². The highest BCUT2D eigenvalue weighted by Crippen LogP contribution is 2.40. The molecule has 0 radical (unpaired) electrons. The van der Waals surface area contributed by atoms with Crippen LogP contribution in [0.25, 0.3) is 0 Å². The van der Waals surface area contributed by atoms with Gasteiger partial charge in [0, 0.05) is 7.11 Å². The van der Waals surface area contributed by atoms with Gasteiger partial charge in [-0.2, -0.15) is 0 Å². The Hall–Kier alpha value is -0.600. The molecular weight excluding hydrogens is 248 g/mol. The van der Waals surface area contributed by atoms with Crippen LogP contribution < -0.4 is 0 Å². The van der Waals surface area contributed by atoms with Gasteiger partial charge in [-0.25, -0.2) is 0 Å². The highest BCUT2D eigenvalue weighted by molar-refractivity contribution is 5.11. The fourth-order valence-electron chi connectivity index (χ4n) is 3.54. The average molecular weight is 280 g/mol. The van der Waals surface area contributed by atoms with Gasteiger partial charge in [-0.3, -0.25) is 0 Å². The minimum Gasteiger partial charge on any atom is -0.359 e. The molecule has 20 heavy (non-hydrogen) atoms. The standard InChI is InChI=1S/C18H32O2/c1-7-16(20-12-19-6)9-11-18-14(4)8-10-17(13(2)3)15(18)5/h7-8,13,15-18H,1,9-12H2,2-6H3/t15?,16-,17?,18-/m0/s1. The summed E-state index contributed by atoms with van der Waals surface area (Å²) in [7, 11) is 1.66. The van der Waals surface area contributed by atoms with Crippen molar-refractivity contribution in [3.63, 3.8) is 0 Å². The molecule has 1 aliphatic rings. The molecule has 2 unspecified atom stereocenters. The summed E-state index contributed by atoms with van der Waals surface area (Å²) in [6.07, 6.45) is 7.89. The molecule has 0 spiro atoms. The highest BCUT2D eigenvalue weighted by Gasteiger charge is 2.31. The van der Waals surface area contributed by atoms with E-state index >= 15 is 0 Å². The second-order valence-corrected chi connectivity index (χ2v) is 6.48. The number of ether oxygens (including phenoxy) is 2. The predicted molar refractivity (Wildman–Crippen MR) is 85.5 cm³/mol. The van der Waals surface area contributed by atoms with E-state index in [0.717, 1.165) is 24.2 Å². The maximum atomic E-state index is 5.62. The van der Waals surface area contributed by atoms with Gasteiger partial charge in [-0.15, -0.1) is 6.58 Å². The monoisotopic (exact) mass is 280 g/mol. The lowest BCUT2D eigenvalue weighted by Gasteiger charge is -2.38. The molecular formula is C18H32O2. The summed E-state index contributed by atoms with van der Waals surface area (Å²) in [5.74, 6) is 3.01. The van der Waals surface area contributed by atoms with Gasteiger partial charge < -0.3 is 9.47 Å². The third-order valence-corrected chi connectivity index (χ3v) is 4.89. The second kappa shape index (κ2) is 8.63. The zero-order chi connectivity index (χ0) is 15.1. The van der Waals surface area contributed by atoms with Gasteiger partial charge in [0.25, 0.3) is 0 Å². The molecule has 1 rings (SSSR count). The minimum atomic E-state index is 0.106. The first-order valence-electron chi connectivity index (χ1n) is 7.91. The molecule has 4 atom stereocenters. The molecule has 1 aliphatic carbocycles. The van der Waals surface area contributed by atoms with Crippen molar-refractivity contribution >= 4 is 0 Å². The fourth-order valence-corrected chi connectivity index (χ4v) is 3.54. The lowest BCUT2D eigenvalue weighted by molar-refractivity contribution is -0.0592. The Morgan fingerprint density at radius 3 is 2.70 bits per heavy atom. The average Bonchev–Trinajstić information content (AvgIpc) is 2.41. The Morgan fingerprint density at radius 2 is 2.15 bits per heavy atom. The van der Waals surface area contributed by atoms with E-state index in [4.69, 9.17) is 9.47 Å². The van der Waals surface area contributed by atoms with Crippen LogP contribution in [-0.2, 0) is 9.47 Å². The summed E-state index contributed by atoms with van der Waals surface area (Å²) in [5.41, 5.74) is 1.56. The van der Waals surface area contributed by atoms with Crippen LogP contribution in [0.1, 0.15) is 47.0 Å². The van der Waals surface area contributed by atoms with E-state index in [9.17, 15) is 0 Å². The van der Waals surface area contributed by atoms with Crippen LogP contribution in [0.2, 0.25) is 0 Å². The second-order valence-electron chi connectivity index (χ2n) is 6.48. The van der Waals surface area contributed by atoms with Crippen LogP contribution in [-0.4, -0.2) is 20.0 Å². The lowest BCUT2D eigenvalue weighted by atomic mass is 9.67. The smallest absolute Gasteiger partial charge is 0.147 e. The molecule has 0 bridgehead atoms. The lowest BCUT2D eigenvalue weighted by Crippen LogP contribution is -2.29. The maximum Gasteiger partial charge on any atom is 0.147 e. The number of allylic oxidation sites excluding steroid dienone is 2. The van der Waals surface area contributed by atoms with Crippen LogP contribution in [0.4, 0.5) is 0 Å². The van der Waals surface area contributed by atoms with Crippen LogP contribution in [0.15, 0.2) is 24.3 Å². The predicted octanol–water partition coefficient (Wildman–Crippen LogP) is 4.82. The molecule has 0 amide bonds. The van der Waals surface area contributed by atoms with Crippen LogP contribution in [0.5, 0.6) is 0 Å². The van der Waals surface area contributed by atoms with Crippen molar-refractivity contribution in [1.29, 1.82) is 0 Å². The Labute approximate surface area is 125 Å². The summed E-state index contributed by atoms with van der Waals surface area (Å²) < 4.78 is 10.6. The van der Waals surface area contributed by atoms with Crippen molar-refractivity contribution < 1.29 is 9.47 Å². The third kappa shape index (κ3) is 4.75. The summed E-state index contributed by atoms with van der Waals surface area (Å²) in [4.78, 5) is 0. The Morgan fingerprint density at radius 1 is 1.45 bits per heavy atom. The van der Waals surface area contributed by atoms with E-state index < -0.39 is 0 Å². The Kier molecular flexibility index (Phi) is 7.53. The van der Waals surface area contributed by atoms with Crippen LogP contribution in [0.3, 0.4) is 0 Å². The van der Waals surface area contributed by atoms with Gasteiger partial charge in [0.2, 0.25) is 0 Å². The zero-order valence-corrected chi connectivity index (χ0v) is 13.9. The van der Waals surface area contributed by atoms with Crippen molar-refractivity contribution in [3.05, 3.63) is 24.3 Å². The quantitative estimate of drug-likeness (QED) is 0.469. The molecule has 2 nitrogen and oxygen atoms in total. The number of hydrogen-bond donors (Lipinski definition) is 0. The van der Waals surface area contributed by atoms with Crippen molar-refractivity contribution in [3.8, 4) is 0 Å². The van der Waals surface area contributed by atoms with Crippen molar-refractivity contribution in [1.82, 2.24) is 0 Å². The summed E-state index contributed by atoms with van der Waals surface area (Å²) in [6.45, 7) is 13.6. The third-order valence-electron chi connectivity index (χ3n) is 4.89. The molecule has 0 aromatic heterocycles. The molecule has 116 valence electrons. The van der Waals surface area contributed by atoms with Gasteiger partial charge in [-0.1, -0.05) is 38.5 Å². The van der Waals surface area contributed by atoms with E-state index in [1.165, 1.54) is 12.8 Å². The normalized spacial score (nSPS) is 28.3. The minimum absolute atomic E-state index is 0.106. The largest absolute Gasteiger partial charge is 0.359 e. The molecule has 0 saturated carbocycles. The van der Waals surface area contributed by atoms with E-state index in [1.54, 1.807) is 12.7 Å². The summed E-state index contributed by atoms with van der Waals surface area (Å²) in [6, 6.07) is 0. The molecule has 0 aromatic rings. The van der Waals surface area contributed by atoms with Gasteiger partial charge in [-0.05, 0) is 49.9 Å². The number of rotatable bonds is 8. The molecule has 0 saturated heterocycles. The summed E-state index contributed by atoms with van der Waals surface area (Å²) >= 11 is 0. The van der Waals surface area contributed by atoms with E-state index in [-0.39, 0.29) is 6.10 Å². The van der Waals surface area contributed by atoms with E-state index in [1.807, 2.05) is 6.08 Å². The van der Waals surface area contributed by atoms with Gasteiger partial charge in [0.1, 0.15) is 6.79 Å². The van der Waals surface area contributed by atoms with E-state index in [0.29, 0.717) is 12.7 Å². The number of methoxy groups -OCH3 is 1. The molecule has 0 N–H and O–H groups in total. The Bertz CT molecular complexity index is 319. The highest BCUT2D eigenvalue weighted by atomic mass is 16.7. The summed E-state index contributed by atoms with van der Waals surface area (Å²) in [5, 5.41) is 0. The fraction of sp³-hybridized carbons (Fsp3) is 0.778. The van der Waals surface area contributed by atoms with Crippen LogP contribution >= 0.6 is 0 Å². The Balaban J connectivity index is 2.58. The SMILES string of the molecule is C=C[C@@H](CC[C@H]1C(C)=CCC(C(C)C)C1C)OCOC.